The zero-order valence-corrected chi connectivity index (χ0v) is 15.3. The summed E-state index contributed by atoms with van der Waals surface area (Å²) >= 11 is 6.18. The van der Waals surface area contributed by atoms with E-state index in [9.17, 15) is 9.59 Å². The first-order valence-corrected chi connectivity index (χ1v) is 8.98. The third-order valence-corrected chi connectivity index (χ3v) is 4.55. The maximum absolute atomic E-state index is 12.8. The van der Waals surface area contributed by atoms with Crippen molar-refractivity contribution in [3.8, 4) is 5.69 Å². The van der Waals surface area contributed by atoms with Crippen LogP contribution in [0.2, 0.25) is 5.02 Å². The van der Waals surface area contributed by atoms with Gasteiger partial charge in [0.1, 0.15) is 0 Å². The summed E-state index contributed by atoms with van der Waals surface area (Å²) in [4.78, 5) is 26.1. The Morgan fingerprint density at radius 2 is 2.19 bits per heavy atom. The van der Waals surface area contributed by atoms with Crippen molar-refractivity contribution in [2.45, 2.75) is 25.8 Å². The standard InChI is InChI=1S/C18H21ClN4O3/c1-2-26-18(25)21-14-6-5-9-22(12-14)17(24)13-10-20-23(11-13)16-8-4-3-7-15(16)19/h3-4,7-8,10-11,14H,2,5-6,9,12H2,1H3,(H,21,25)/t14-/m1/s1. The van der Waals surface area contributed by atoms with Crippen molar-refractivity contribution in [1.29, 1.82) is 0 Å². The highest BCUT2D eigenvalue weighted by molar-refractivity contribution is 6.32. The molecule has 0 spiro atoms. The molecule has 3 rings (SSSR count). The van der Waals surface area contributed by atoms with Crippen molar-refractivity contribution in [3.63, 3.8) is 0 Å². The highest BCUT2D eigenvalue weighted by Crippen LogP contribution is 2.20. The molecule has 2 amide bonds. The first kappa shape index (κ1) is 18.3. The monoisotopic (exact) mass is 376 g/mol. The van der Waals surface area contributed by atoms with Gasteiger partial charge in [-0.05, 0) is 31.9 Å². The maximum Gasteiger partial charge on any atom is 0.407 e. The predicted molar refractivity (Wildman–Crippen MR) is 97.7 cm³/mol. The van der Waals surface area contributed by atoms with Gasteiger partial charge in [0, 0.05) is 25.3 Å². The minimum Gasteiger partial charge on any atom is -0.450 e. The van der Waals surface area contributed by atoms with Crippen LogP contribution in [0.3, 0.4) is 0 Å². The number of carbonyl (C=O) groups is 2. The van der Waals surface area contributed by atoms with Crippen molar-refractivity contribution in [2.24, 2.45) is 0 Å². The fraction of sp³-hybridized carbons (Fsp3) is 0.389. The van der Waals surface area contributed by atoms with Crippen LogP contribution in [-0.4, -0.2) is 52.4 Å². The van der Waals surface area contributed by atoms with Gasteiger partial charge in [0.2, 0.25) is 0 Å². The average Bonchev–Trinajstić information content (AvgIpc) is 3.11. The fourth-order valence-corrected chi connectivity index (χ4v) is 3.23. The van der Waals surface area contributed by atoms with Crippen molar-refractivity contribution < 1.29 is 14.3 Å². The van der Waals surface area contributed by atoms with Crippen molar-refractivity contribution in [1.82, 2.24) is 20.0 Å². The van der Waals surface area contributed by atoms with Crippen LogP contribution in [0.4, 0.5) is 4.79 Å². The normalized spacial score (nSPS) is 17.0. The average molecular weight is 377 g/mol. The molecule has 7 nitrogen and oxygen atoms in total. The first-order chi connectivity index (χ1) is 12.6. The minimum atomic E-state index is -0.446. The van der Waals surface area contributed by atoms with E-state index in [0.29, 0.717) is 36.0 Å². The Balaban J connectivity index is 1.67. The molecule has 0 unspecified atom stereocenters. The van der Waals surface area contributed by atoms with Gasteiger partial charge >= 0.3 is 6.09 Å². The molecule has 0 bridgehead atoms. The molecule has 8 heteroatoms. The molecule has 1 aliphatic rings. The van der Waals surface area contributed by atoms with Crippen molar-refractivity contribution in [2.75, 3.05) is 19.7 Å². The second-order valence-corrected chi connectivity index (χ2v) is 6.49. The number of hydrogen-bond donors (Lipinski definition) is 1. The van der Waals surface area contributed by atoms with Crippen LogP contribution in [0.25, 0.3) is 5.69 Å². The number of rotatable bonds is 4. The first-order valence-electron chi connectivity index (χ1n) is 8.60. The Hall–Kier alpha value is -2.54. The molecule has 1 aromatic heterocycles. The highest BCUT2D eigenvalue weighted by Gasteiger charge is 2.26. The molecule has 0 aliphatic carbocycles. The molecule has 1 aromatic carbocycles. The molecule has 138 valence electrons. The summed E-state index contributed by atoms with van der Waals surface area (Å²) in [7, 11) is 0. The van der Waals surface area contributed by atoms with E-state index in [2.05, 4.69) is 10.4 Å². The molecule has 1 saturated heterocycles. The number of alkyl carbamates (subject to hydrolysis) is 1. The molecule has 1 aliphatic heterocycles. The fourth-order valence-electron chi connectivity index (χ4n) is 3.00. The Kier molecular flexibility index (Phi) is 5.78. The predicted octanol–water partition coefficient (Wildman–Crippen LogP) is 2.88. The number of ether oxygens (including phenoxy) is 1. The summed E-state index contributed by atoms with van der Waals surface area (Å²) < 4.78 is 6.50. The molecule has 1 atom stereocenters. The van der Waals surface area contributed by atoms with Crippen LogP contribution in [0, 0.1) is 0 Å². The van der Waals surface area contributed by atoms with Crippen LogP contribution >= 0.6 is 11.6 Å². The van der Waals surface area contributed by atoms with Gasteiger partial charge in [-0.3, -0.25) is 4.79 Å². The van der Waals surface area contributed by atoms with Gasteiger partial charge in [0.05, 0.1) is 29.1 Å². The van der Waals surface area contributed by atoms with E-state index in [0.717, 1.165) is 12.8 Å². The van der Waals surface area contributed by atoms with E-state index in [1.165, 1.54) is 6.20 Å². The Morgan fingerprint density at radius 1 is 1.38 bits per heavy atom. The smallest absolute Gasteiger partial charge is 0.407 e. The zero-order chi connectivity index (χ0) is 18.5. The lowest BCUT2D eigenvalue weighted by Crippen LogP contribution is -2.49. The van der Waals surface area contributed by atoms with Gasteiger partial charge in [-0.25, -0.2) is 9.48 Å². The SMILES string of the molecule is CCOC(=O)N[C@@H]1CCCN(C(=O)c2cnn(-c3ccccc3Cl)c2)C1. The summed E-state index contributed by atoms with van der Waals surface area (Å²) in [6.07, 6.45) is 4.40. The number of aromatic nitrogens is 2. The molecule has 2 heterocycles. The number of nitrogens with one attached hydrogen (secondary N) is 1. The topological polar surface area (TPSA) is 76.5 Å². The van der Waals surface area contributed by atoms with Crippen LogP contribution in [0.15, 0.2) is 36.7 Å². The number of para-hydroxylation sites is 1. The second-order valence-electron chi connectivity index (χ2n) is 6.08. The van der Waals surface area contributed by atoms with Crippen molar-refractivity contribution >= 4 is 23.6 Å². The molecule has 26 heavy (non-hydrogen) atoms. The summed E-state index contributed by atoms with van der Waals surface area (Å²) in [5, 5.41) is 7.61. The molecule has 1 fully saturated rings. The number of amides is 2. The number of benzene rings is 1. The summed E-state index contributed by atoms with van der Waals surface area (Å²) in [5.41, 5.74) is 1.20. The Labute approximate surface area is 156 Å². The summed E-state index contributed by atoms with van der Waals surface area (Å²) in [6, 6.07) is 7.21. The number of hydrogen-bond acceptors (Lipinski definition) is 4. The molecular formula is C18H21ClN4O3. The number of nitrogens with zero attached hydrogens (tertiary/aromatic N) is 3. The zero-order valence-electron chi connectivity index (χ0n) is 14.5. The number of piperidine rings is 1. The van der Waals surface area contributed by atoms with Gasteiger partial charge in [0.15, 0.2) is 0 Å². The van der Waals surface area contributed by atoms with Gasteiger partial charge in [-0.1, -0.05) is 23.7 Å². The Bertz CT molecular complexity index is 792. The minimum absolute atomic E-state index is 0.106. The molecular weight excluding hydrogens is 356 g/mol. The van der Waals surface area contributed by atoms with Crippen molar-refractivity contribution in [3.05, 3.63) is 47.2 Å². The third-order valence-electron chi connectivity index (χ3n) is 4.23. The van der Waals surface area contributed by atoms with E-state index >= 15 is 0 Å². The van der Waals surface area contributed by atoms with Gasteiger partial charge in [0.25, 0.3) is 5.91 Å². The maximum atomic E-state index is 12.8. The van der Waals surface area contributed by atoms with E-state index in [4.69, 9.17) is 16.3 Å². The lowest BCUT2D eigenvalue weighted by Gasteiger charge is -2.32. The number of halogens is 1. The lowest BCUT2D eigenvalue weighted by atomic mass is 10.1. The molecule has 1 N–H and O–H groups in total. The quantitative estimate of drug-likeness (QED) is 0.890. The van der Waals surface area contributed by atoms with E-state index in [1.54, 1.807) is 28.8 Å². The van der Waals surface area contributed by atoms with E-state index < -0.39 is 6.09 Å². The van der Waals surface area contributed by atoms with Crippen LogP contribution in [0.1, 0.15) is 30.1 Å². The van der Waals surface area contributed by atoms with E-state index in [-0.39, 0.29) is 11.9 Å². The lowest BCUT2D eigenvalue weighted by molar-refractivity contribution is 0.0686. The van der Waals surface area contributed by atoms with Gasteiger partial charge in [-0.2, -0.15) is 5.10 Å². The molecule has 2 aromatic rings. The largest absolute Gasteiger partial charge is 0.450 e. The number of likely N-dealkylation sites (tertiary alicyclic amines) is 1. The third kappa shape index (κ3) is 4.16. The molecule has 0 radical (unpaired) electrons. The van der Waals surface area contributed by atoms with E-state index in [1.807, 2.05) is 18.2 Å². The van der Waals surface area contributed by atoms with Gasteiger partial charge < -0.3 is 15.0 Å². The van der Waals surface area contributed by atoms with Crippen LogP contribution in [0.5, 0.6) is 0 Å². The van der Waals surface area contributed by atoms with Gasteiger partial charge in [-0.15, -0.1) is 0 Å². The number of carbonyl (C=O) groups excluding carboxylic acids is 2. The summed E-state index contributed by atoms with van der Waals surface area (Å²) in [5.74, 6) is -0.112. The summed E-state index contributed by atoms with van der Waals surface area (Å²) in [6.45, 7) is 3.18. The van der Waals surface area contributed by atoms with Crippen LogP contribution < -0.4 is 5.32 Å². The second kappa shape index (κ2) is 8.23. The van der Waals surface area contributed by atoms with Crippen LogP contribution in [-0.2, 0) is 4.74 Å². The Morgan fingerprint density at radius 3 is 2.96 bits per heavy atom. The molecule has 0 saturated carbocycles. The highest BCUT2D eigenvalue weighted by atomic mass is 35.5.